The van der Waals surface area contributed by atoms with E-state index in [2.05, 4.69) is 14.9 Å². The number of hydrogen-bond donors (Lipinski definition) is 1. The second kappa shape index (κ2) is 6.17. The predicted molar refractivity (Wildman–Crippen MR) is 84.5 cm³/mol. The minimum absolute atomic E-state index is 0. The minimum atomic E-state index is -4.71. The van der Waals surface area contributed by atoms with Crippen molar-refractivity contribution in [2.24, 2.45) is 5.73 Å². The molecule has 0 aliphatic heterocycles. The molecule has 0 bridgehead atoms. The monoisotopic (exact) mass is 375 g/mol. The molecular weight excluding hydrogens is 359 g/mol. The average molecular weight is 376 g/mol. The molecule has 0 saturated heterocycles. The molecule has 1 aromatic carbocycles. The molecule has 25 heavy (non-hydrogen) atoms. The van der Waals surface area contributed by atoms with Gasteiger partial charge in [0, 0.05) is 5.92 Å². The summed E-state index contributed by atoms with van der Waals surface area (Å²) in [4.78, 5) is 4.38. The van der Waals surface area contributed by atoms with Crippen LogP contribution in [0.5, 0.6) is 5.75 Å². The van der Waals surface area contributed by atoms with Crippen molar-refractivity contribution in [3.63, 3.8) is 0 Å². The van der Waals surface area contributed by atoms with Gasteiger partial charge in [0.1, 0.15) is 5.75 Å². The number of hydrogen-bond acceptors (Lipinski definition) is 5. The second-order valence-corrected chi connectivity index (χ2v) is 6.50. The lowest BCUT2D eigenvalue weighted by atomic mass is 9.77. The van der Waals surface area contributed by atoms with Crippen LogP contribution in [0.3, 0.4) is 0 Å². The number of rotatable bonds is 4. The number of alkyl halides is 3. The van der Waals surface area contributed by atoms with Crippen LogP contribution in [-0.2, 0) is 5.54 Å². The summed E-state index contributed by atoms with van der Waals surface area (Å²) in [5, 5.41) is 3.96. The van der Waals surface area contributed by atoms with E-state index in [0.717, 1.165) is 19.3 Å². The van der Waals surface area contributed by atoms with Crippen LogP contribution in [0, 0.1) is 0 Å². The molecule has 5 nitrogen and oxygen atoms in total. The Balaban J connectivity index is 0.00000182. The fourth-order valence-electron chi connectivity index (χ4n) is 3.19. The van der Waals surface area contributed by atoms with Crippen LogP contribution in [0.15, 0.2) is 28.8 Å². The highest BCUT2D eigenvalue weighted by molar-refractivity contribution is 5.85. The van der Waals surface area contributed by atoms with Crippen LogP contribution in [0.4, 0.5) is 13.2 Å². The maximum Gasteiger partial charge on any atom is 0.573 e. The molecule has 0 spiro atoms. The Kier molecular flexibility index (Phi) is 4.45. The summed E-state index contributed by atoms with van der Waals surface area (Å²) in [5.41, 5.74) is 6.16. The lowest BCUT2D eigenvalue weighted by Crippen LogP contribution is -2.44. The van der Waals surface area contributed by atoms with E-state index in [0.29, 0.717) is 23.7 Å². The van der Waals surface area contributed by atoms with Crippen LogP contribution < -0.4 is 10.5 Å². The molecule has 136 valence electrons. The summed E-state index contributed by atoms with van der Waals surface area (Å²) in [6.45, 7) is 0. The number of halogens is 4. The fourth-order valence-corrected chi connectivity index (χ4v) is 3.19. The number of ether oxygens (including phenoxy) is 1. The van der Waals surface area contributed by atoms with Gasteiger partial charge in [-0.3, -0.25) is 0 Å². The first-order valence-electron chi connectivity index (χ1n) is 7.83. The molecular formula is C16H17ClF3N3O2. The lowest BCUT2D eigenvalue weighted by Gasteiger charge is -2.34. The molecule has 2 saturated carbocycles. The van der Waals surface area contributed by atoms with Gasteiger partial charge in [0.05, 0.1) is 5.54 Å². The van der Waals surface area contributed by atoms with Crippen LogP contribution in [-0.4, -0.2) is 16.5 Å². The normalized spacial score (nSPS) is 24.2. The number of nitrogens with zero attached hydrogens (tertiary/aromatic N) is 2. The van der Waals surface area contributed by atoms with Crippen molar-refractivity contribution in [2.75, 3.05) is 0 Å². The first-order chi connectivity index (χ1) is 11.4. The van der Waals surface area contributed by atoms with E-state index in [1.807, 2.05) is 0 Å². The van der Waals surface area contributed by atoms with Crippen molar-refractivity contribution in [3.8, 4) is 5.75 Å². The fraction of sp³-hybridized carbons (Fsp3) is 0.500. The van der Waals surface area contributed by atoms with Crippen molar-refractivity contribution >= 4 is 12.4 Å². The summed E-state index contributed by atoms with van der Waals surface area (Å²) in [7, 11) is 0. The van der Waals surface area contributed by atoms with E-state index in [4.69, 9.17) is 10.3 Å². The van der Waals surface area contributed by atoms with Gasteiger partial charge in [-0.2, -0.15) is 4.98 Å². The molecule has 9 heteroatoms. The quantitative estimate of drug-likeness (QED) is 0.874. The third kappa shape index (κ3) is 3.46. The van der Waals surface area contributed by atoms with Crippen LogP contribution >= 0.6 is 12.4 Å². The largest absolute Gasteiger partial charge is 0.573 e. The highest BCUT2D eigenvalue weighted by atomic mass is 35.5. The maximum absolute atomic E-state index is 12.5. The lowest BCUT2D eigenvalue weighted by molar-refractivity contribution is -0.274. The van der Waals surface area contributed by atoms with Gasteiger partial charge in [-0.25, -0.2) is 0 Å². The molecule has 2 unspecified atom stereocenters. The maximum atomic E-state index is 12.5. The van der Waals surface area contributed by atoms with Gasteiger partial charge in [-0.1, -0.05) is 23.4 Å². The Labute approximate surface area is 148 Å². The second-order valence-electron chi connectivity index (χ2n) is 6.50. The van der Waals surface area contributed by atoms with E-state index < -0.39 is 11.9 Å². The van der Waals surface area contributed by atoms with E-state index in [9.17, 15) is 13.2 Å². The summed E-state index contributed by atoms with van der Waals surface area (Å²) >= 11 is 0. The summed E-state index contributed by atoms with van der Waals surface area (Å²) < 4.78 is 47.0. The molecule has 2 aliphatic carbocycles. The number of benzene rings is 1. The van der Waals surface area contributed by atoms with Crippen molar-refractivity contribution in [3.05, 3.63) is 41.5 Å². The Bertz CT molecular complexity index is 761. The van der Waals surface area contributed by atoms with Gasteiger partial charge >= 0.3 is 6.36 Å². The van der Waals surface area contributed by atoms with E-state index >= 15 is 0 Å². The molecule has 4 rings (SSSR count). The van der Waals surface area contributed by atoms with Gasteiger partial charge in [-0.05, 0) is 43.2 Å². The van der Waals surface area contributed by atoms with Gasteiger partial charge in [-0.15, -0.1) is 25.6 Å². The highest BCUT2D eigenvalue weighted by Crippen LogP contribution is 2.56. The molecule has 0 amide bonds. The van der Waals surface area contributed by atoms with Crippen molar-refractivity contribution in [1.82, 2.24) is 10.1 Å². The van der Waals surface area contributed by atoms with Crippen LogP contribution in [0.2, 0.25) is 0 Å². The molecule has 1 heterocycles. The van der Waals surface area contributed by atoms with E-state index in [-0.39, 0.29) is 30.0 Å². The van der Waals surface area contributed by atoms with Gasteiger partial charge in [0.15, 0.2) is 5.82 Å². The van der Waals surface area contributed by atoms with Crippen molar-refractivity contribution in [2.45, 2.75) is 49.4 Å². The summed E-state index contributed by atoms with van der Waals surface area (Å²) in [5.74, 6) is 0.550. The third-order valence-corrected chi connectivity index (χ3v) is 4.78. The van der Waals surface area contributed by atoms with Gasteiger partial charge in [0.25, 0.3) is 0 Å². The van der Waals surface area contributed by atoms with Crippen LogP contribution in [0.1, 0.15) is 54.8 Å². The zero-order valence-corrected chi connectivity index (χ0v) is 13.9. The van der Waals surface area contributed by atoms with E-state index in [1.165, 1.54) is 12.1 Å². The minimum Gasteiger partial charge on any atom is -0.405 e. The molecule has 2 aromatic rings. The first kappa shape index (κ1) is 18.0. The first-order valence-corrected chi connectivity index (χ1v) is 7.83. The Hall–Kier alpha value is -1.80. The Morgan fingerprint density at radius 3 is 2.56 bits per heavy atom. The number of nitrogens with two attached hydrogens (primary N) is 1. The van der Waals surface area contributed by atoms with Crippen molar-refractivity contribution in [1.29, 1.82) is 0 Å². The smallest absolute Gasteiger partial charge is 0.405 e. The van der Waals surface area contributed by atoms with E-state index in [1.54, 1.807) is 12.1 Å². The Morgan fingerprint density at radius 1 is 1.20 bits per heavy atom. The highest BCUT2D eigenvalue weighted by Gasteiger charge is 2.47. The van der Waals surface area contributed by atoms with Crippen molar-refractivity contribution < 1.29 is 22.4 Å². The standard InChI is InChI=1S/C16H16F3N3O2.ClH/c17-16(18,19)23-12-5-2-1-4-9(12)10-8-11(10)13-21-14(22-24-13)15(20)6-3-7-15;/h1-2,4-5,10-11H,3,6-8,20H2;1H. The molecule has 2 fully saturated rings. The molecule has 2 atom stereocenters. The molecule has 2 aliphatic rings. The molecule has 0 radical (unpaired) electrons. The topological polar surface area (TPSA) is 74.2 Å². The summed E-state index contributed by atoms with van der Waals surface area (Å²) in [6, 6.07) is 6.16. The zero-order valence-electron chi connectivity index (χ0n) is 13.1. The number of para-hydroxylation sites is 1. The average Bonchev–Trinajstić information content (AvgIpc) is 3.12. The molecule has 1 aromatic heterocycles. The third-order valence-electron chi connectivity index (χ3n) is 4.78. The molecule has 2 N–H and O–H groups in total. The van der Waals surface area contributed by atoms with Gasteiger partial charge < -0.3 is 15.0 Å². The predicted octanol–water partition coefficient (Wildman–Crippen LogP) is 4.00. The zero-order chi connectivity index (χ0) is 16.9. The summed E-state index contributed by atoms with van der Waals surface area (Å²) in [6.07, 6.45) is -1.38. The van der Waals surface area contributed by atoms with Gasteiger partial charge in [0.2, 0.25) is 5.89 Å². The SMILES string of the molecule is Cl.NC1(c2noc(C3CC3c3ccccc3OC(F)(F)F)n2)CCC1. The number of aromatic nitrogens is 2. The Morgan fingerprint density at radius 2 is 1.92 bits per heavy atom. The van der Waals surface area contributed by atoms with Crippen LogP contribution in [0.25, 0.3) is 0 Å².